The maximum Gasteiger partial charge on any atom is 0.319 e. The van der Waals surface area contributed by atoms with E-state index in [0.29, 0.717) is 28.9 Å². The van der Waals surface area contributed by atoms with Crippen molar-refractivity contribution in [1.29, 1.82) is 0 Å². The Balaban J connectivity index is 2.00. The molecule has 0 heterocycles. The van der Waals surface area contributed by atoms with Gasteiger partial charge in [-0.3, -0.25) is 0 Å². The highest BCUT2D eigenvalue weighted by atomic mass is 32.2. The molecule has 2 aromatic carbocycles. The Kier molecular flexibility index (Phi) is 7.41. The van der Waals surface area contributed by atoms with Crippen molar-refractivity contribution in [2.75, 3.05) is 26.0 Å². The molecule has 2 amide bonds. The number of hydrogen-bond acceptors (Lipinski definition) is 3. The Morgan fingerprint density at radius 3 is 2.38 bits per heavy atom. The molecule has 1 unspecified atom stereocenters. The number of amides is 2. The van der Waals surface area contributed by atoms with E-state index in [0.717, 1.165) is 5.56 Å². The number of anilines is 1. The zero-order chi connectivity index (χ0) is 19.1. The fourth-order valence-corrected chi connectivity index (χ4v) is 3.11. The zero-order valence-electron chi connectivity index (χ0n) is 15.0. The highest BCUT2D eigenvalue weighted by Crippen LogP contribution is 2.31. The van der Waals surface area contributed by atoms with E-state index in [9.17, 15) is 13.6 Å². The summed E-state index contributed by atoms with van der Waals surface area (Å²) in [5, 5.41) is 5.47. The van der Waals surface area contributed by atoms with Crippen LogP contribution < -0.4 is 10.6 Å². The molecule has 0 aliphatic rings. The normalized spacial score (nSPS) is 12.3. The van der Waals surface area contributed by atoms with Crippen LogP contribution in [0.25, 0.3) is 0 Å². The monoisotopic (exact) mass is 379 g/mol. The van der Waals surface area contributed by atoms with Crippen LogP contribution in [0.1, 0.15) is 17.2 Å². The summed E-state index contributed by atoms with van der Waals surface area (Å²) in [6.45, 7) is 2.42. The molecule has 0 saturated heterocycles. The van der Waals surface area contributed by atoms with Crippen LogP contribution in [0.5, 0.6) is 0 Å². The maximum atomic E-state index is 12.6. The van der Waals surface area contributed by atoms with Crippen LogP contribution in [0.3, 0.4) is 0 Å². The Labute approximate surface area is 157 Å². The fourth-order valence-electron chi connectivity index (χ4n) is 2.51. The zero-order valence-corrected chi connectivity index (χ0v) is 15.8. The van der Waals surface area contributed by atoms with Crippen molar-refractivity contribution in [3.63, 3.8) is 0 Å². The van der Waals surface area contributed by atoms with Crippen molar-refractivity contribution in [2.45, 2.75) is 23.6 Å². The van der Waals surface area contributed by atoms with Gasteiger partial charge in [0.15, 0.2) is 0 Å². The molecule has 26 heavy (non-hydrogen) atoms. The predicted molar refractivity (Wildman–Crippen MR) is 103 cm³/mol. The fraction of sp³-hybridized carbons (Fsp3) is 0.316. The van der Waals surface area contributed by atoms with Crippen LogP contribution in [-0.2, 0) is 0 Å². The standard InChI is InChI=1S/C19H23F2N3OS/c1-13-8-10-14(11-9-13)16(24(2)3)12-22-19(25)23-15-6-4-5-7-17(15)26-18(20)21/h4-11,16,18H,12H2,1-3H3,(H2,22,23,25). The number of likely N-dealkylation sites (N-methyl/N-ethyl adjacent to an activating group) is 1. The van der Waals surface area contributed by atoms with Gasteiger partial charge in [-0.2, -0.15) is 8.78 Å². The van der Waals surface area contributed by atoms with E-state index in [4.69, 9.17) is 0 Å². The molecule has 0 aliphatic heterocycles. The summed E-state index contributed by atoms with van der Waals surface area (Å²) < 4.78 is 25.3. The van der Waals surface area contributed by atoms with Crippen LogP contribution in [0, 0.1) is 6.92 Å². The lowest BCUT2D eigenvalue weighted by molar-refractivity contribution is 0.243. The number of halogens is 2. The van der Waals surface area contributed by atoms with Gasteiger partial charge in [-0.15, -0.1) is 0 Å². The molecule has 4 nitrogen and oxygen atoms in total. The molecular formula is C19H23F2N3OS. The van der Waals surface area contributed by atoms with Gasteiger partial charge < -0.3 is 15.5 Å². The molecule has 140 valence electrons. The maximum absolute atomic E-state index is 12.6. The van der Waals surface area contributed by atoms with E-state index in [1.807, 2.05) is 50.2 Å². The molecule has 0 radical (unpaired) electrons. The molecule has 0 aromatic heterocycles. The number of hydrogen-bond donors (Lipinski definition) is 2. The van der Waals surface area contributed by atoms with Crippen molar-refractivity contribution in [3.8, 4) is 0 Å². The summed E-state index contributed by atoms with van der Waals surface area (Å²) in [5.41, 5.74) is 2.63. The number of para-hydroxylation sites is 1. The van der Waals surface area contributed by atoms with E-state index < -0.39 is 11.8 Å². The number of thioether (sulfide) groups is 1. The first-order valence-electron chi connectivity index (χ1n) is 8.18. The predicted octanol–water partition coefficient (Wildman–Crippen LogP) is 4.73. The Bertz CT molecular complexity index is 723. The van der Waals surface area contributed by atoms with Crippen molar-refractivity contribution in [2.24, 2.45) is 0 Å². The summed E-state index contributed by atoms with van der Waals surface area (Å²) in [5.74, 6) is -2.54. The quantitative estimate of drug-likeness (QED) is 0.684. The van der Waals surface area contributed by atoms with Gasteiger partial charge in [0.05, 0.1) is 11.7 Å². The lowest BCUT2D eigenvalue weighted by atomic mass is 10.0. The van der Waals surface area contributed by atoms with E-state index in [2.05, 4.69) is 10.6 Å². The second kappa shape index (κ2) is 9.54. The number of rotatable bonds is 7. The second-order valence-electron chi connectivity index (χ2n) is 6.10. The van der Waals surface area contributed by atoms with E-state index in [-0.39, 0.29) is 6.04 Å². The van der Waals surface area contributed by atoms with Crippen LogP contribution in [0.4, 0.5) is 19.3 Å². The summed E-state index contributed by atoms with van der Waals surface area (Å²) in [4.78, 5) is 14.6. The number of alkyl halides is 2. The number of nitrogens with one attached hydrogen (secondary N) is 2. The second-order valence-corrected chi connectivity index (χ2v) is 7.13. The van der Waals surface area contributed by atoms with Crippen LogP contribution >= 0.6 is 11.8 Å². The SMILES string of the molecule is Cc1ccc(C(CNC(=O)Nc2ccccc2SC(F)F)N(C)C)cc1. The van der Waals surface area contributed by atoms with Crippen molar-refractivity contribution in [1.82, 2.24) is 10.2 Å². The molecule has 2 rings (SSSR count). The molecule has 0 fully saturated rings. The minimum Gasteiger partial charge on any atom is -0.336 e. The van der Waals surface area contributed by atoms with Gasteiger partial charge in [0.25, 0.3) is 5.76 Å². The molecule has 0 saturated carbocycles. The van der Waals surface area contributed by atoms with E-state index in [1.165, 1.54) is 5.56 Å². The number of benzene rings is 2. The number of nitrogens with zero attached hydrogens (tertiary/aromatic N) is 1. The first-order chi connectivity index (χ1) is 12.4. The first kappa shape index (κ1) is 20.2. The third-order valence-corrected chi connectivity index (χ3v) is 4.68. The Hall–Kier alpha value is -2.12. The van der Waals surface area contributed by atoms with Crippen molar-refractivity contribution >= 4 is 23.5 Å². The van der Waals surface area contributed by atoms with Crippen LogP contribution in [0.15, 0.2) is 53.4 Å². The number of carbonyl (C=O) groups excluding carboxylic acids is 1. The van der Waals surface area contributed by atoms with E-state index >= 15 is 0 Å². The summed E-state index contributed by atoms with van der Waals surface area (Å²) in [6, 6.07) is 14.2. The highest BCUT2D eigenvalue weighted by molar-refractivity contribution is 7.99. The lowest BCUT2D eigenvalue weighted by Crippen LogP contribution is -2.37. The van der Waals surface area contributed by atoms with Crippen molar-refractivity contribution < 1.29 is 13.6 Å². The van der Waals surface area contributed by atoms with E-state index in [1.54, 1.807) is 24.3 Å². The number of aryl methyl sites for hydroxylation is 1. The molecule has 0 bridgehead atoms. The molecular weight excluding hydrogens is 356 g/mol. The van der Waals surface area contributed by atoms with Gasteiger partial charge in [-0.05, 0) is 38.7 Å². The highest BCUT2D eigenvalue weighted by Gasteiger charge is 2.16. The van der Waals surface area contributed by atoms with Gasteiger partial charge in [0.2, 0.25) is 0 Å². The Morgan fingerprint density at radius 1 is 1.12 bits per heavy atom. The molecule has 2 aromatic rings. The molecule has 2 N–H and O–H groups in total. The topological polar surface area (TPSA) is 44.4 Å². The molecule has 1 atom stereocenters. The van der Waals surface area contributed by atoms with Gasteiger partial charge >= 0.3 is 6.03 Å². The largest absolute Gasteiger partial charge is 0.336 e. The lowest BCUT2D eigenvalue weighted by Gasteiger charge is -2.25. The molecule has 7 heteroatoms. The molecule has 0 spiro atoms. The van der Waals surface area contributed by atoms with Crippen molar-refractivity contribution in [3.05, 3.63) is 59.7 Å². The number of carbonyl (C=O) groups is 1. The van der Waals surface area contributed by atoms with Gasteiger partial charge in [-0.1, -0.05) is 53.7 Å². The Morgan fingerprint density at radius 2 is 1.77 bits per heavy atom. The average molecular weight is 379 g/mol. The minimum atomic E-state index is -2.54. The first-order valence-corrected chi connectivity index (χ1v) is 9.06. The smallest absolute Gasteiger partial charge is 0.319 e. The summed E-state index contributed by atoms with van der Waals surface area (Å²) in [6.07, 6.45) is 0. The van der Waals surface area contributed by atoms with Gasteiger partial charge in [0.1, 0.15) is 0 Å². The van der Waals surface area contributed by atoms with Crippen LogP contribution in [0.2, 0.25) is 0 Å². The third-order valence-electron chi connectivity index (χ3n) is 3.89. The molecule has 0 aliphatic carbocycles. The third kappa shape index (κ3) is 6.00. The summed E-state index contributed by atoms with van der Waals surface area (Å²) >= 11 is 0.410. The van der Waals surface area contributed by atoms with Crippen LogP contribution in [-0.4, -0.2) is 37.3 Å². The summed E-state index contributed by atoms with van der Waals surface area (Å²) in [7, 11) is 3.89. The van der Waals surface area contributed by atoms with Gasteiger partial charge in [0, 0.05) is 11.4 Å². The minimum absolute atomic E-state index is 0.00651. The van der Waals surface area contributed by atoms with Gasteiger partial charge in [-0.25, -0.2) is 4.79 Å². The average Bonchev–Trinajstić information content (AvgIpc) is 2.57. The number of urea groups is 1.